The van der Waals surface area contributed by atoms with Crippen LogP contribution in [0.15, 0.2) is 4.99 Å². The molecule has 0 aromatic carbocycles. The first-order valence-electron chi connectivity index (χ1n) is 4.10. The van der Waals surface area contributed by atoms with Crippen molar-refractivity contribution >= 4 is 12.6 Å². The highest BCUT2D eigenvalue weighted by molar-refractivity contribution is 5.89. The third-order valence-corrected chi connectivity index (χ3v) is 2.15. The van der Waals surface area contributed by atoms with Crippen molar-refractivity contribution in [1.29, 1.82) is 5.41 Å². The second-order valence-corrected chi connectivity index (χ2v) is 3.49. The van der Waals surface area contributed by atoms with E-state index in [1.807, 2.05) is 18.7 Å². The third-order valence-electron chi connectivity index (χ3n) is 2.15. The molecule has 68 valence electrons. The first kappa shape index (κ1) is 9.19. The van der Waals surface area contributed by atoms with Gasteiger partial charge in [-0.3, -0.25) is 15.7 Å². The zero-order valence-corrected chi connectivity index (χ0v) is 7.72. The molecule has 0 radical (unpaired) electrons. The quantitative estimate of drug-likeness (QED) is 0.460. The average Bonchev–Trinajstić information content (AvgIpc) is 2.55. The Hall–Kier alpha value is -0.900. The summed E-state index contributed by atoms with van der Waals surface area (Å²) in [5, 5.41) is 11.0. The van der Waals surface area contributed by atoms with Crippen molar-refractivity contribution in [2.75, 3.05) is 19.8 Å². The predicted octanol–water partition coefficient (Wildman–Crippen LogP) is 0.306. The second kappa shape index (κ2) is 3.23. The van der Waals surface area contributed by atoms with Crippen molar-refractivity contribution in [3.05, 3.63) is 0 Å². The molecule has 0 bridgehead atoms. The van der Waals surface area contributed by atoms with Crippen LogP contribution in [0.1, 0.15) is 13.8 Å². The molecule has 1 aliphatic heterocycles. The van der Waals surface area contributed by atoms with Gasteiger partial charge in [0.15, 0.2) is 0 Å². The third kappa shape index (κ3) is 1.64. The number of nitrogens with one attached hydrogen (secondary N) is 2. The van der Waals surface area contributed by atoms with Crippen LogP contribution in [0, 0.1) is 5.41 Å². The Morgan fingerprint density at radius 1 is 1.67 bits per heavy atom. The molecule has 0 aliphatic carbocycles. The largest absolute Gasteiger partial charge is 0.344 e. The Labute approximate surface area is 73.2 Å². The fourth-order valence-corrected chi connectivity index (χ4v) is 1.16. The van der Waals surface area contributed by atoms with Crippen molar-refractivity contribution in [2.24, 2.45) is 4.99 Å². The first-order chi connectivity index (χ1) is 5.58. The van der Waals surface area contributed by atoms with Gasteiger partial charge >= 0.3 is 0 Å². The van der Waals surface area contributed by atoms with Gasteiger partial charge in [-0.1, -0.05) is 0 Å². The lowest BCUT2D eigenvalue weighted by Gasteiger charge is -2.27. The van der Waals surface area contributed by atoms with E-state index in [1.165, 1.54) is 0 Å². The van der Waals surface area contributed by atoms with Crippen LogP contribution in [0.25, 0.3) is 0 Å². The summed E-state index contributed by atoms with van der Waals surface area (Å²) < 4.78 is 0. The lowest BCUT2D eigenvalue weighted by atomic mass is 10.0. The number of hydrogen-bond donors (Lipinski definition) is 2. The van der Waals surface area contributed by atoms with E-state index in [0.717, 1.165) is 19.8 Å². The predicted molar refractivity (Wildman–Crippen MR) is 50.9 cm³/mol. The number of aliphatic imine (C=N–C) groups is 1. The molecular formula is C8H16N4. The van der Waals surface area contributed by atoms with Crippen LogP contribution < -0.4 is 5.32 Å². The monoisotopic (exact) mass is 168 g/mol. The van der Waals surface area contributed by atoms with Gasteiger partial charge in [-0.2, -0.15) is 0 Å². The summed E-state index contributed by atoms with van der Waals surface area (Å²) in [4.78, 5) is 5.90. The lowest BCUT2D eigenvalue weighted by Crippen LogP contribution is -2.42. The summed E-state index contributed by atoms with van der Waals surface area (Å²) in [7, 11) is 0. The van der Waals surface area contributed by atoms with Gasteiger partial charge in [-0.05, 0) is 20.6 Å². The Bertz CT molecular complexity index is 191. The van der Waals surface area contributed by atoms with Crippen molar-refractivity contribution in [2.45, 2.75) is 19.4 Å². The van der Waals surface area contributed by atoms with Crippen LogP contribution in [0.5, 0.6) is 0 Å². The molecule has 4 nitrogen and oxygen atoms in total. The van der Waals surface area contributed by atoms with Crippen molar-refractivity contribution in [1.82, 2.24) is 10.2 Å². The van der Waals surface area contributed by atoms with Crippen molar-refractivity contribution in [3.8, 4) is 0 Å². The highest BCUT2D eigenvalue weighted by Crippen LogP contribution is 2.13. The first-order valence-corrected chi connectivity index (χ1v) is 4.10. The summed E-state index contributed by atoms with van der Waals surface area (Å²) in [6.45, 7) is 9.91. The standard InChI is InChI=1S/C8H16N4/c1-8(2,10-3)7(9)12-5-4-11-6-12/h9,11H,3-6H2,1-2H3. The molecule has 0 aromatic rings. The van der Waals surface area contributed by atoms with Gasteiger partial charge in [0.05, 0.1) is 6.67 Å². The normalized spacial score (nSPS) is 18.0. The topological polar surface area (TPSA) is 51.5 Å². The zero-order valence-electron chi connectivity index (χ0n) is 7.72. The molecule has 0 unspecified atom stereocenters. The molecular weight excluding hydrogens is 152 g/mol. The Morgan fingerprint density at radius 2 is 2.33 bits per heavy atom. The van der Waals surface area contributed by atoms with E-state index in [4.69, 9.17) is 5.41 Å². The van der Waals surface area contributed by atoms with Crippen LogP contribution in [0.4, 0.5) is 0 Å². The summed E-state index contributed by atoms with van der Waals surface area (Å²) in [6.07, 6.45) is 0. The van der Waals surface area contributed by atoms with Gasteiger partial charge in [0.25, 0.3) is 0 Å². The van der Waals surface area contributed by atoms with Crippen LogP contribution in [-0.2, 0) is 0 Å². The fourth-order valence-electron chi connectivity index (χ4n) is 1.16. The van der Waals surface area contributed by atoms with Gasteiger partial charge in [-0.15, -0.1) is 0 Å². The molecule has 4 heteroatoms. The van der Waals surface area contributed by atoms with Gasteiger partial charge in [-0.25, -0.2) is 0 Å². The maximum Gasteiger partial charge on any atom is 0.125 e. The highest BCUT2D eigenvalue weighted by atomic mass is 15.3. The van der Waals surface area contributed by atoms with Crippen molar-refractivity contribution in [3.63, 3.8) is 0 Å². The summed E-state index contributed by atoms with van der Waals surface area (Å²) in [5.41, 5.74) is -0.452. The van der Waals surface area contributed by atoms with E-state index >= 15 is 0 Å². The smallest absolute Gasteiger partial charge is 0.125 e. The van der Waals surface area contributed by atoms with Crippen LogP contribution in [0.3, 0.4) is 0 Å². The van der Waals surface area contributed by atoms with Crippen molar-refractivity contribution < 1.29 is 0 Å². The molecule has 1 saturated heterocycles. The molecule has 0 amide bonds. The molecule has 0 saturated carbocycles. The molecule has 1 heterocycles. The zero-order chi connectivity index (χ0) is 9.19. The van der Waals surface area contributed by atoms with Gasteiger partial charge in [0.2, 0.25) is 0 Å². The summed E-state index contributed by atoms with van der Waals surface area (Å²) in [5.74, 6) is 0.544. The molecule has 1 aliphatic rings. The lowest BCUT2D eigenvalue weighted by molar-refractivity contribution is 0.459. The molecule has 0 atom stereocenters. The molecule has 1 rings (SSSR count). The molecule has 0 aromatic heterocycles. The van der Waals surface area contributed by atoms with E-state index in [-0.39, 0.29) is 0 Å². The Kier molecular flexibility index (Phi) is 2.47. The number of rotatable bonds is 2. The van der Waals surface area contributed by atoms with Crippen LogP contribution in [0.2, 0.25) is 0 Å². The number of hydrogen-bond acceptors (Lipinski definition) is 3. The SMILES string of the molecule is C=NC(C)(C)C(=N)N1CCNC1. The maximum absolute atomic E-state index is 7.84. The van der Waals surface area contributed by atoms with E-state index in [1.54, 1.807) is 0 Å². The number of amidine groups is 1. The van der Waals surface area contributed by atoms with E-state index in [2.05, 4.69) is 17.0 Å². The Balaban J connectivity index is 2.62. The van der Waals surface area contributed by atoms with Gasteiger partial charge < -0.3 is 4.90 Å². The minimum atomic E-state index is -0.452. The van der Waals surface area contributed by atoms with Crippen LogP contribution >= 0.6 is 0 Å². The average molecular weight is 168 g/mol. The minimum Gasteiger partial charge on any atom is -0.344 e. The molecule has 2 N–H and O–H groups in total. The van der Waals surface area contributed by atoms with E-state index in [9.17, 15) is 0 Å². The minimum absolute atomic E-state index is 0.452. The highest BCUT2D eigenvalue weighted by Gasteiger charge is 2.27. The van der Waals surface area contributed by atoms with Gasteiger partial charge in [0.1, 0.15) is 11.4 Å². The molecule has 0 spiro atoms. The molecule has 1 fully saturated rings. The summed E-state index contributed by atoms with van der Waals surface area (Å²) >= 11 is 0. The van der Waals surface area contributed by atoms with Gasteiger partial charge in [0, 0.05) is 13.1 Å². The summed E-state index contributed by atoms with van der Waals surface area (Å²) in [6, 6.07) is 0. The maximum atomic E-state index is 7.84. The molecule has 12 heavy (non-hydrogen) atoms. The number of nitrogens with zero attached hydrogens (tertiary/aromatic N) is 2. The second-order valence-electron chi connectivity index (χ2n) is 3.49. The van der Waals surface area contributed by atoms with Crippen LogP contribution in [-0.4, -0.2) is 42.8 Å². The van der Waals surface area contributed by atoms with E-state index < -0.39 is 5.54 Å². The fraction of sp³-hybridized carbons (Fsp3) is 0.750. The Morgan fingerprint density at radius 3 is 2.75 bits per heavy atom. The van der Waals surface area contributed by atoms with E-state index in [0.29, 0.717) is 5.84 Å².